The van der Waals surface area contributed by atoms with Crippen LogP contribution in [0.15, 0.2) is 12.1 Å². The van der Waals surface area contributed by atoms with Gasteiger partial charge in [-0.25, -0.2) is 4.79 Å². The molecule has 0 saturated carbocycles. The van der Waals surface area contributed by atoms with Crippen LogP contribution in [0.3, 0.4) is 0 Å². The van der Waals surface area contributed by atoms with Crippen LogP contribution in [0.5, 0.6) is 5.75 Å². The molecule has 0 saturated heterocycles. The molecule has 0 aromatic heterocycles. The van der Waals surface area contributed by atoms with Crippen LogP contribution in [-0.4, -0.2) is 17.7 Å². The van der Waals surface area contributed by atoms with Gasteiger partial charge in [-0.3, -0.25) is 0 Å². The fraction of sp³-hybridized carbons (Fsp3) is 0.300. The van der Waals surface area contributed by atoms with Crippen molar-refractivity contribution < 1.29 is 14.6 Å². The Kier molecular flexibility index (Phi) is 2.83. The van der Waals surface area contributed by atoms with Gasteiger partial charge in [0.05, 0.1) is 6.61 Å². The van der Waals surface area contributed by atoms with Gasteiger partial charge in [0.1, 0.15) is 11.3 Å². The third kappa shape index (κ3) is 1.81. The van der Waals surface area contributed by atoms with Crippen LogP contribution in [0.4, 0.5) is 0 Å². The van der Waals surface area contributed by atoms with Crippen LogP contribution in [0.25, 0.3) is 0 Å². The molecule has 1 aliphatic heterocycles. The number of benzene rings is 1. The maximum atomic E-state index is 11.0. The minimum Gasteiger partial charge on any atom is -0.492 e. The first-order valence-corrected chi connectivity index (χ1v) is 5.63. The first-order chi connectivity index (χ1) is 7.11. The molecule has 0 bridgehead atoms. The second-order valence-electron chi connectivity index (χ2n) is 3.39. The summed E-state index contributed by atoms with van der Waals surface area (Å²) < 4.78 is 6.36. The van der Waals surface area contributed by atoms with Crippen molar-refractivity contribution in [3.8, 4) is 5.75 Å². The number of hydrogen-bond donors (Lipinski definition) is 2. The average Bonchev–Trinajstić information content (AvgIpc) is 2.17. The summed E-state index contributed by atoms with van der Waals surface area (Å²) in [5, 5.41) is 8.99. The molecule has 0 unspecified atom stereocenters. The maximum Gasteiger partial charge on any atom is 0.339 e. The standard InChI is InChI=1S/C10H10INO3/c11-6-2-1-5(10(13)14)9-8(6)7(12)3-4-15-9/h1-2,7H,3-4,12H2,(H,13,14)/t7-/m1/s1. The summed E-state index contributed by atoms with van der Waals surface area (Å²) in [5.74, 6) is -0.537. The van der Waals surface area contributed by atoms with Crippen molar-refractivity contribution in [2.45, 2.75) is 12.5 Å². The fourth-order valence-electron chi connectivity index (χ4n) is 1.68. The molecule has 0 radical (unpaired) electrons. The summed E-state index contributed by atoms with van der Waals surface area (Å²) in [5.41, 5.74) is 6.95. The molecule has 15 heavy (non-hydrogen) atoms. The predicted molar refractivity (Wildman–Crippen MR) is 63.2 cm³/mol. The molecule has 0 amide bonds. The number of carboxylic acid groups (broad SMARTS) is 1. The first-order valence-electron chi connectivity index (χ1n) is 4.55. The highest BCUT2D eigenvalue weighted by Gasteiger charge is 2.25. The van der Waals surface area contributed by atoms with Crippen molar-refractivity contribution in [2.75, 3.05) is 6.61 Å². The van der Waals surface area contributed by atoms with E-state index < -0.39 is 5.97 Å². The van der Waals surface area contributed by atoms with E-state index in [9.17, 15) is 4.79 Å². The zero-order valence-electron chi connectivity index (χ0n) is 7.87. The van der Waals surface area contributed by atoms with Crippen LogP contribution >= 0.6 is 22.6 Å². The van der Waals surface area contributed by atoms with E-state index in [0.29, 0.717) is 12.4 Å². The van der Waals surface area contributed by atoms with E-state index in [4.69, 9.17) is 15.6 Å². The van der Waals surface area contributed by atoms with Gasteiger partial charge in [-0.1, -0.05) is 0 Å². The summed E-state index contributed by atoms with van der Waals surface area (Å²) in [6.45, 7) is 0.481. The molecule has 1 heterocycles. The Bertz CT molecular complexity index is 419. The highest BCUT2D eigenvalue weighted by Crippen LogP contribution is 2.37. The highest BCUT2D eigenvalue weighted by molar-refractivity contribution is 14.1. The minimum absolute atomic E-state index is 0.125. The average molecular weight is 319 g/mol. The SMILES string of the molecule is N[C@@H]1CCOc2c(C(=O)O)ccc(I)c21. The number of halogens is 1. The van der Waals surface area contributed by atoms with Gasteiger partial charge in [0.15, 0.2) is 0 Å². The van der Waals surface area contributed by atoms with Gasteiger partial charge in [0, 0.05) is 21.6 Å². The molecule has 0 spiro atoms. The van der Waals surface area contributed by atoms with Crippen molar-refractivity contribution in [2.24, 2.45) is 5.73 Å². The second-order valence-corrected chi connectivity index (χ2v) is 4.55. The normalized spacial score (nSPS) is 19.2. The largest absolute Gasteiger partial charge is 0.492 e. The number of ether oxygens (including phenoxy) is 1. The molecule has 1 aromatic carbocycles. The number of nitrogens with two attached hydrogens (primary N) is 1. The van der Waals surface area contributed by atoms with Gasteiger partial charge in [-0.2, -0.15) is 0 Å². The molecule has 3 N–H and O–H groups in total. The zero-order chi connectivity index (χ0) is 11.0. The first kappa shape index (κ1) is 10.7. The fourth-order valence-corrected chi connectivity index (χ4v) is 2.50. The lowest BCUT2D eigenvalue weighted by atomic mass is 9.98. The van der Waals surface area contributed by atoms with Crippen molar-refractivity contribution >= 4 is 28.6 Å². The molecular weight excluding hydrogens is 309 g/mol. The Hall–Kier alpha value is -0.820. The van der Waals surface area contributed by atoms with Crippen LogP contribution in [0, 0.1) is 3.57 Å². The molecule has 2 rings (SSSR count). The molecule has 0 fully saturated rings. The number of rotatable bonds is 1. The lowest BCUT2D eigenvalue weighted by molar-refractivity contribution is 0.0690. The van der Waals surface area contributed by atoms with Crippen LogP contribution in [0.1, 0.15) is 28.4 Å². The van der Waals surface area contributed by atoms with Crippen LogP contribution in [-0.2, 0) is 0 Å². The molecule has 5 heteroatoms. The number of carbonyl (C=O) groups is 1. The Labute approximate surface area is 101 Å². The van der Waals surface area contributed by atoms with Gasteiger partial charge < -0.3 is 15.6 Å². The molecule has 80 valence electrons. The summed E-state index contributed by atoms with van der Waals surface area (Å²) in [7, 11) is 0. The van der Waals surface area contributed by atoms with Gasteiger partial charge >= 0.3 is 5.97 Å². The van der Waals surface area contributed by atoms with Crippen molar-refractivity contribution in [3.63, 3.8) is 0 Å². The third-order valence-corrected chi connectivity index (χ3v) is 3.36. The van der Waals surface area contributed by atoms with Crippen molar-refractivity contribution in [3.05, 3.63) is 26.8 Å². The molecular formula is C10H10INO3. The highest BCUT2D eigenvalue weighted by atomic mass is 127. The van der Waals surface area contributed by atoms with Gasteiger partial charge in [0.2, 0.25) is 0 Å². The summed E-state index contributed by atoms with van der Waals surface area (Å²) in [6.07, 6.45) is 0.728. The molecule has 4 nitrogen and oxygen atoms in total. The quantitative estimate of drug-likeness (QED) is 0.774. The predicted octanol–water partition coefficient (Wildman–Crippen LogP) is 1.77. The van der Waals surface area contributed by atoms with E-state index in [2.05, 4.69) is 22.6 Å². The van der Waals surface area contributed by atoms with Gasteiger partial charge in [0.25, 0.3) is 0 Å². The van der Waals surface area contributed by atoms with Gasteiger partial charge in [-0.05, 0) is 34.7 Å². The lowest BCUT2D eigenvalue weighted by Gasteiger charge is -2.25. The number of carboxylic acids is 1. The van der Waals surface area contributed by atoms with Crippen molar-refractivity contribution in [1.29, 1.82) is 0 Å². The Morgan fingerprint density at radius 2 is 2.33 bits per heavy atom. The Morgan fingerprint density at radius 1 is 1.60 bits per heavy atom. The maximum absolute atomic E-state index is 11.0. The number of fused-ring (bicyclic) bond motifs is 1. The summed E-state index contributed by atoms with van der Waals surface area (Å²) in [6, 6.07) is 3.19. The number of hydrogen-bond acceptors (Lipinski definition) is 3. The topological polar surface area (TPSA) is 72.5 Å². The summed E-state index contributed by atoms with van der Waals surface area (Å²) in [4.78, 5) is 11.0. The van der Waals surface area contributed by atoms with E-state index in [1.165, 1.54) is 0 Å². The van der Waals surface area contributed by atoms with E-state index in [-0.39, 0.29) is 11.6 Å². The van der Waals surface area contributed by atoms with E-state index in [1.807, 2.05) is 0 Å². The molecule has 1 aliphatic rings. The van der Waals surface area contributed by atoms with Gasteiger partial charge in [-0.15, -0.1) is 0 Å². The lowest BCUT2D eigenvalue weighted by Crippen LogP contribution is -2.23. The minimum atomic E-state index is -0.975. The Morgan fingerprint density at radius 3 is 3.00 bits per heavy atom. The number of aromatic carboxylic acids is 1. The molecule has 0 aliphatic carbocycles. The van der Waals surface area contributed by atoms with Crippen LogP contribution < -0.4 is 10.5 Å². The Balaban J connectivity index is 2.63. The van der Waals surface area contributed by atoms with E-state index >= 15 is 0 Å². The summed E-state index contributed by atoms with van der Waals surface area (Å²) >= 11 is 2.15. The molecule has 1 aromatic rings. The second kappa shape index (κ2) is 3.97. The smallest absolute Gasteiger partial charge is 0.339 e. The van der Waals surface area contributed by atoms with Crippen LogP contribution in [0.2, 0.25) is 0 Å². The third-order valence-electron chi connectivity index (χ3n) is 2.42. The monoisotopic (exact) mass is 319 g/mol. The van der Waals surface area contributed by atoms with E-state index in [1.54, 1.807) is 12.1 Å². The molecule has 1 atom stereocenters. The van der Waals surface area contributed by atoms with E-state index in [0.717, 1.165) is 15.6 Å². The van der Waals surface area contributed by atoms with Crippen molar-refractivity contribution in [1.82, 2.24) is 0 Å². The zero-order valence-corrected chi connectivity index (χ0v) is 10.0.